The molecule has 0 heterocycles. The quantitative estimate of drug-likeness (QED) is 0.350. The Balaban J connectivity index is 3.56. The van der Waals surface area contributed by atoms with Crippen LogP contribution in [0.25, 0.3) is 0 Å². The van der Waals surface area contributed by atoms with Crippen LogP contribution in [0.1, 0.15) is 72.1 Å². The third-order valence-corrected chi connectivity index (χ3v) is 3.13. The molecule has 0 rings (SSSR count). The highest BCUT2D eigenvalue weighted by Crippen LogP contribution is 2.05. The number of hydrogen-bond acceptors (Lipinski definition) is 2. The van der Waals surface area contributed by atoms with Gasteiger partial charge in [-0.3, -0.25) is 4.90 Å². The second-order valence-corrected chi connectivity index (χ2v) is 4.86. The molecule has 0 fully saturated rings. The summed E-state index contributed by atoms with van der Waals surface area (Å²) in [6.45, 7) is 10.7. The van der Waals surface area contributed by atoms with Crippen LogP contribution < -0.4 is 0 Å². The van der Waals surface area contributed by atoms with Crippen molar-refractivity contribution in [3.63, 3.8) is 0 Å². The summed E-state index contributed by atoms with van der Waals surface area (Å²) in [5.41, 5.74) is 0. The number of rotatable bonds is 13. The lowest BCUT2D eigenvalue weighted by atomic mass is 10.2. The van der Waals surface area contributed by atoms with E-state index in [0.717, 1.165) is 13.3 Å². The Bertz CT molecular complexity index is 127. The summed E-state index contributed by atoms with van der Waals surface area (Å²) in [4.78, 5) is 2.48. The molecule has 0 N–H and O–H groups in total. The molecule has 0 aromatic carbocycles. The molecule has 0 amide bonds. The third-order valence-electron chi connectivity index (χ3n) is 3.13. The van der Waals surface area contributed by atoms with E-state index in [2.05, 4.69) is 25.7 Å². The lowest BCUT2D eigenvalue weighted by Gasteiger charge is -2.21. The molecular formula is C15H33NO. The van der Waals surface area contributed by atoms with Crippen molar-refractivity contribution in [1.29, 1.82) is 0 Å². The van der Waals surface area contributed by atoms with E-state index in [9.17, 15) is 0 Å². The van der Waals surface area contributed by atoms with Crippen LogP contribution in [0.2, 0.25) is 0 Å². The maximum absolute atomic E-state index is 5.54. The van der Waals surface area contributed by atoms with Crippen LogP contribution in [-0.2, 0) is 4.74 Å². The van der Waals surface area contributed by atoms with Crippen molar-refractivity contribution < 1.29 is 4.74 Å². The Morgan fingerprint density at radius 2 is 1.24 bits per heavy atom. The first kappa shape index (κ1) is 16.9. The fourth-order valence-electron chi connectivity index (χ4n) is 1.99. The van der Waals surface area contributed by atoms with Gasteiger partial charge in [0.15, 0.2) is 0 Å². The second-order valence-electron chi connectivity index (χ2n) is 4.86. The van der Waals surface area contributed by atoms with E-state index in [4.69, 9.17) is 4.74 Å². The molecule has 0 spiro atoms. The first-order valence-electron chi connectivity index (χ1n) is 7.65. The van der Waals surface area contributed by atoms with Gasteiger partial charge >= 0.3 is 0 Å². The highest BCUT2D eigenvalue weighted by atomic mass is 16.5. The van der Waals surface area contributed by atoms with Crippen molar-refractivity contribution in [1.82, 2.24) is 4.90 Å². The summed E-state index contributed by atoms with van der Waals surface area (Å²) in [5, 5.41) is 0. The normalized spacial score (nSPS) is 11.3. The Kier molecular flexibility index (Phi) is 13.9. The first-order valence-corrected chi connectivity index (χ1v) is 7.65. The van der Waals surface area contributed by atoms with Gasteiger partial charge < -0.3 is 4.74 Å². The minimum atomic E-state index is 0.828. The number of unbranched alkanes of at least 4 members (excludes halogenated alkanes) is 6. The topological polar surface area (TPSA) is 12.5 Å². The zero-order valence-electron chi connectivity index (χ0n) is 12.3. The summed E-state index contributed by atoms with van der Waals surface area (Å²) in [6, 6.07) is 0. The van der Waals surface area contributed by atoms with Crippen molar-refractivity contribution in [3.8, 4) is 0 Å². The zero-order valence-corrected chi connectivity index (χ0v) is 12.3. The average Bonchev–Trinajstić information content (AvgIpc) is 2.35. The van der Waals surface area contributed by atoms with Gasteiger partial charge in [0.1, 0.15) is 0 Å². The fraction of sp³-hybridized carbons (Fsp3) is 1.00. The fourth-order valence-corrected chi connectivity index (χ4v) is 1.99. The van der Waals surface area contributed by atoms with Crippen LogP contribution >= 0.6 is 0 Å². The summed E-state index contributed by atoms with van der Waals surface area (Å²) < 4.78 is 5.54. The van der Waals surface area contributed by atoms with Gasteiger partial charge in [-0.1, -0.05) is 52.4 Å². The van der Waals surface area contributed by atoms with Gasteiger partial charge in [-0.25, -0.2) is 0 Å². The summed E-state index contributed by atoms with van der Waals surface area (Å²) in [7, 11) is 0. The second kappa shape index (κ2) is 14.0. The van der Waals surface area contributed by atoms with Crippen LogP contribution in [0.3, 0.4) is 0 Å². The summed E-state index contributed by atoms with van der Waals surface area (Å²) in [6.07, 6.45) is 10.8. The molecule has 0 aromatic rings. The molecule has 0 saturated heterocycles. The predicted molar refractivity (Wildman–Crippen MR) is 76.4 cm³/mol. The van der Waals surface area contributed by atoms with Crippen molar-refractivity contribution in [3.05, 3.63) is 0 Å². The van der Waals surface area contributed by atoms with E-state index in [1.807, 2.05) is 0 Å². The molecule has 0 unspecified atom stereocenters. The predicted octanol–water partition coefficient (Wildman–Crippen LogP) is 4.44. The van der Waals surface area contributed by atoms with Crippen molar-refractivity contribution in [2.75, 3.05) is 26.4 Å². The Morgan fingerprint density at radius 3 is 1.65 bits per heavy atom. The maximum atomic E-state index is 5.54. The maximum Gasteiger partial charge on any atom is 0.0990 e. The Hall–Kier alpha value is -0.0800. The lowest BCUT2D eigenvalue weighted by molar-refractivity contribution is 0.0335. The van der Waals surface area contributed by atoms with Gasteiger partial charge in [-0.05, 0) is 19.8 Å². The highest BCUT2D eigenvalue weighted by Gasteiger charge is 2.03. The number of hydrogen-bond donors (Lipinski definition) is 0. The molecule has 2 heteroatoms. The van der Waals surface area contributed by atoms with E-state index < -0.39 is 0 Å². The molecule has 2 nitrogen and oxygen atoms in total. The minimum Gasteiger partial charge on any atom is -0.366 e. The van der Waals surface area contributed by atoms with Crippen LogP contribution in [-0.4, -0.2) is 31.3 Å². The largest absolute Gasteiger partial charge is 0.366 e. The monoisotopic (exact) mass is 243 g/mol. The van der Waals surface area contributed by atoms with Crippen molar-refractivity contribution in [2.24, 2.45) is 0 Å². The SMILES string of the molecule is CCCCCCN(CCCCCC)COCC. The third kappa shape index (κ3) is 12.2. The number of nitrogens with zero attached hydrogens (tertiary/aromatic N) is 1. The van der Waals surface area contributed by atoms with Crippen LogP contribution in [0.4, 0.5) is 0 Å². The van der Waals surface area contributed by atoms with E-state index in [0.29, 0.717) is 0 Å². The Morgan fingerprint density at radius 1 is 0.706 bits per heavy atom. The van der Waals surface area contributed by atoms with Gasteiger partial charge in [-0.2, -0.15) is 0 Å². The minimum absolute atomic E-state index is 0.828. The van der Waals surface area contributed by atoms with Gasteiger partial charge in [-0.15, -0.1) is 0 Å². The molecule has 0 saturated carbocycles. The van der Waals surface area contributed by atoms with E-state index in [-0.39, 0.29) is 0 Å². The molecule has 0 atom stereocenters. The molecular weight excluding hydrogens is 210 g/mol. The zero-order chi connectivity index (χ0) is 12.8. The van der Waals surface area contributed by atoms with Gasteiger partial charge in [0.05, 0.1) is 6.73 Å². The smallest absolute Gasteiger partial charge is 0.0990 e. The highest BCUT2D eigenvalue weighted by molar-refractivity contribution is 4.55. The van der Waals surface area contributed by atoms with Gasteiger partial charge in [0.25, 0.3) is 0 Å². The molecule has 0 bridgehead atoms. The standard InChI is InChI=1S/C15H33NO/c1-4-7-9-11-13-16(15-17-6-3)14-12-10-8-5-2/h4-15H2,1-3H3. The lowest BCUT2D eigenvalue weighted by Crippen LogP contribution is -2.28. The summed E-state index contributed by atoms with van der Waals surface area (Å²) >= 11 is 0. The number of ether oxygens (including phenoxy) is 1. The Labute approximate surface area is 109 Å². The van der Waals surface area contributed by atoms with Gasteiger partial charge in [0.2, 0.25) is 0 Å². The van der Waals surface area contributed by atoms with Crippen molar-refractivity contribution in [2.45, 2.75) is 72.1 Å². The summed E-state index contributed by atoms with van der Waals surface area (Å²) in [5.74, 6) is 0. The molecule has 17 heavy (non-hydrogen) atoms. The van der Waals surface area contributed by atoms with Crippen LogP contribution in [0, 0.1) is 0 Å². The molecule has 0 radical (unpaired) electrons. The first-order chi connectivity index (χ1) is 8.35. The van der Waals surface area contributed by atoms with Crippen LogP contribution in [0.5, 0.6) is 0 Å². The van der Waals surface area contributed by atoms with E-state index in [1.165, 1.54) is 64.5 Å². The van der Waals surface area contributed by atoms with Crippen LogP contribution in [0.15, 0.2) is 0 Å². The van der Waals surface area contributed by atoms with Gasteiger partial charge in [0, 0.05) is 19.7 Å². The van der Waals surface area contributed by atoms with E-state index >= 15 is 0 Å². The van der Waals surface area contributed by atoms with Crippen molar-refractivity contribution >= 4 is 0 Å². The molecule has 104 valence electrons. The molecule has 0 aromatic heterocycles. The molecule has 0 aliphatic rings. The molecule has 0 aliphatic heterocycles. The average molecular weight is 243 g/mol. The molecule has 0 aliphatic carbocycles. The van der Waals surface area contributed by atoms with E-state index in [1.54, 1.807) is 0 Å².